The Morgan fingerprint density at radius 3 is 2.20 bits per heavy atom. The summed E-state index contributed by atoms with van der Waals surface area (Å²) in [4.78, 5) is 43.7. The lowest BCUT2D eigenvalue weighted by atomic mass is 9.82. The van der Waals surface area contributed by atoms with E-state index in [1.165, 1.54) is 6.92 Å². The van der Waals surface area contributed by atoms with E-state index in [4.69, 9.17) is 10.2 Å². The van der Waals surface area contributed by atoms with Crippen LogP contribution in [0.4, 0.5) is 0 Å². The molecule has 0 radical (unpaired) electrons. The molecule has 0 aliphatic heterocycles. The maximum Gasteiger partial charge on any atom is 0.339 e. The van der Waals surface area contributed by atoms with Crippen molar-refractivity contribution in [3.63, 3.8) is 0 Å². The number of carboxylic acid groups (broad SMARTS) is 2. The maximum absolute atomic E-state index is 11.2. The number of hydrogen-bond acceptors (Lipinski definition) is 4. The lowest BCUT2D eigenvalue weighted by Crippen LogP contribution is -2.35. The van der Waals surface area contributed by atoms with Crippen LogP contribution in [0.15, 0.2) is 11.1 Å². The van der Waals surface area contributed by atoms with Crippen molar-refractivity contribution in [2.24, 2.45) is 5.92 Å². The Morgan fingerprint density at radius 2 is 1.80 bits per heavy atom. The molecule has 0 saturated carbocycles. The Balaban J connectivity index is 3.33. The molecule has 0 bridgehead atoms. The van der Waals surface area contributed by atoms with E-state index >= 15 is 0 Å². The van der Waals surface area contributed by atoms with E-state index in [0.29, 0.717) is 0 Å². The molecule has 1 rings (SSSR count). The highest BCUT2D eigenvalue weighted by Crippen LogP contribution is 2.25. The van der Waals surface area contributed by atoms with Crippen LogP contribution >= 0.6 is 0 Å². The third-order valence-corrected chi connectivity index (χ3v) is 2.22. The topological polar surface area (TPSA) is 109 Å². The molecule has 6 nitrogen and oxygen atoms in total. The molecule has 2 N–H and O–H groups in total. The van der Waals surface area contributed by atoms with Crippen LogP contribution in [0.3, 0.4) is 0 Å². The predicted octanol–water partition coefficient (Wildman–Crippen LogP) is -0.370. The SMILES string of the molecule is CC1=C(C(=O)O)C(=O)CC(=O)C1C(=O)O. The third kappa shape index (κ3) is 1.78. The van der Waals surface area contributed by atoms with E-state index in [-0.39, 0.29) is 5.57 Å². The molecule has 1 aliphatic rings. The predicted molar refractivity (Wildman–Crippen MR) is 46.1 cm³/mol. The molecule has 0 spiro atoms. The van der Waals surface area contributed by atoms with Crippen LogP contribution in [0.25, 0.3) is 0 Å². The van der Waals surface area contributed by atoms with Crippen LogP contribution in [0, 0.1) is 5.92 Å². The van der Waals surface area contributed by atoms with Gasteiger partial charge in [0.1, 0.15) is 11.5 Å². The number of ketones is 2. The number of Topliss-reactive ketones (excluding diaryl/α,β-unsaturated/α-hetero) is 2. The molecule has 0 aromatic carbocycles. The second kappa shape index (κ2) is 3.64. The Kier molecular flexibility index (Phi) is 2.69. The van der Waals surface area contributed by atoms with Gasteiger partial charge in [-0.15, -0.1) is 0 Å². The lowest BCUT2D eigenvalue weighted by Gasteiger charge is -2.19. The van der Waals surface area contributed by atoms with Crippen molar-refractivity contribution in [1.29, 1.82) is 0 Å². The van der Waals surface area contributed by atoms with Gasteiger partial charge >= 0.3 is 11.9 Å². The van der Waals surface area contributed by atoms with Gasteiger partial charge in [0.25, 0.3) is 0 Å². The highest BCUT2D eigenvalue weighted by molar-refractivity contribution is 6.27. The van der Waals surface area contributed by atoms with Crippen molar-refractivity contribution in [3.05, 3.63) is 11.1 Å². The summed E-state index contributed by atoms with van der Waals surface area (Å²) in [6, 6.07) is 0. The van der Waals surface area contributed by atoms with Crippen molar-refractivity contribution >= 4 is 23.5 Å². The van der Waals surface area contributed by atoms with E-state index in [0.717, 1.165) is 0 Å². The van der Waals surface area contributed by atoms with Gasteiger partial charge in [-0.2, -0.15) is 0 Å². The van der Waals surface area contributed by atoms with Gasteiger partial charge in [0.05, 0.1) is 6.42 Å². The molecular weight excluding hydrogens is 204 g/mol. The molecule has 15 heavy (non-hydrogen) atoms. The van der Waals surface area contributed by atoms with Crippen LogP contribution in [0.2, 0.25) is 0 Å². The Morgan fingerprint density at radius 1 is 1.27 bits per heavy atom. The Labute approximate surface area is 84.2 Å². The van der Waals surface area contributed by atoms with Crippen molar-refractivity contribution in [2.45, 2.75) is 13.3 Å². The van der Waals surface area contributed by atoms with Gasteiger partial charge in [0, 0.05) is 0 Å². The summed E-state index contributed by atoms with van der Waals surface area (Å²) < 4.78 is 0. The van der Waals surface area contributed by atoms with Gasteiger partial charge in [-0.25, -0.2) is 4.79 Å². The highest BCUT2D eigenvalue weighted by atomic mass is 16.4. The van der Waals surface area contributed by atoms with Gasteiger partial charge in [0.15, 0.2) is 11.6 Å². The first kappa shape index (κ1) is 11.1. The molecule has 0 fully saturated rings. The molecule has 0 heterocycles. The van der Waals surface area contributed by atoms with E-state index in [1.807, 2.05) is 0 Å². The number of carbonyl (C=O) groups excluding carboxylic acids is 2. The molecule has 0 aromatic heterocycles. The van der Waals surface area contributed by atoms with Crippen LogP contribution in [-0.4, -0.2) is 33.7 Å². The molecule has 1 unspecified atom stereocenters. The first-order valence-corrected chi connectivity index (χ1v) is 4.09. The fourth-order valence-corrected chi connectivity index (χ4v) is 1.57. The minimum Gasteiger partial charge on any atom is -0.480 e. The van der Waals surface area contributed by atoms with E-state index in [9.17, 15) is 19.2 Å². The lowest BCUT2D eigenvalue weighted by molar-refractivity contribution is -0.145. The normalized spacial score (nSPS) is 21.8. The van der Waals surface area contributed by atoms with Gasteiger partial charge in [0.2, 0.25) is 0 Å². The Bertz CT molecular complexity index is 403. The quantitative estimate of drug-likeness (QED) is 0.477. The summed E-state index contributed by atoms with van der Waals surface area (Å²) in [6.45, 7) is 1.18. The maximum atomic E-state index is 11.2. The van der Waals surface area contributed by atoms with Crippen LogP contribution in [0.1, 0.15) is 13.3 Å². The van der Waals surface area contributed by atoms with Crippen molar-refractivity contribution in [3.8, 4) is 0 Å². The largest absolute Gasteiger partial charge is 0.480 e. The minimum absolute atomic E-state index is 0.198. The molecule has 0 amide bonds. The third-order valence-electron chi connectivity index (χ3n) is 2.22. The zero-order chi connectivity index (χ0) is 11.7. The van der Waals surface area contributed by atoms with Crippen LogP contribution in [-0.2, 0) is 19.2 Å². The summed E-state index contributed by atoms with van der Waals surface area (Å²) in [6.07, 6.45) is -0.657. The number of carbonyl (C=O) groups is 4. The molecular formula is C9H8O6. The number of aliphatic carboxylic acids is 2. The monoisotopic (exact) mass is 212 g/mol. The first-order valence-electron chi connectivity index (χ1n) is 4.09. The van der Waals surface area contributed by atoms with Gasteiger partial charge < -0.3 is 10.2 Å². The summed E-state index contributed by atoms with van der Waals surface area (Å²) in [5.74, 6) is -6.02. The zero-order valence-corrected chi connectivity index (χ0v) is 7.81. The van der Waals surface area contributed by atoms with Gasteiger partial charge in [-0.05, 0) is 12.5 Å². The average Bonchev–Trinajstić information content (AvgIpc) is 1.99. The fourth-order valence-electron chi connectivity index (χ4n) is 1.57. The van der Waals surface area contributed by atoms with Gasteiger partial charge in [-0.3, -0.25) is 14.4 Å². The smallest absolute Gasteiger partial charge is 0.339 e. The highest BCUT2D eigenvalue weighted by Gasteiger charge is 2.39. The molecule has 0 aromatic rings. The average molecular weight is 212 g/mol. The number of carboxylic acids is 2. The van der Waals surface area contributed by atoms with E-state index in [1.54, 1.807) is 0 Å². The van der Waals surface area contributed by atoms with E-state index in [2.05, 4.69) is 0 Å². The minimum atomic E-state index is -1.51. The van der Waals surface area contributed by atoms with Crippen molar-refractivity contribution < 1.29 is 29.4 Å². The number of hydrogen-bond donors (Lipinski definition) is 2. The summed E-state index contributed by atoms with van der Waals surface area (Å²) in [5, 5.41) is 17.4. The summed E-state index contributed by atoms with van der Waals surface area (Å²) in [5.41, 5.74) is -0.779. The second-order valence-corrected chi connectivity index (χ2v) is 3.20. The molecule has 6 heteroatoms. The van der Waals surface area contributed by atoms with Crippen LogP contribution < -0.4 is 0 Å². The second-order valence-electron chi connectivity index (χ2n) is 3.20. The van der Waals surface area contributed by atoms with Gasteiger partial charge in [-0.1, -0.05) is 0 Å². The molecule has 1 aliphatic carbocycles. The van der Waals surface area contributed by atoms with Crippen molar-refractivity contribution in [1.82, 2.24) is 0 Å². The first-order chi connectivity index (χ1) is 6.86. The Hall–Kier alpha value is -1.98. The zero-order valence-electron chi connectivity index (χ0n) is 7.81. The molecule has 0 saturated heterocycles. The summed E-state index contributed by atoms with van der Waals surface area (Å²) >= 11 is 0. The standard InChI is InChI=1S/C9H8O6/c1-3-6(8(12)13)4(10)2-5(11)7(3)9(14)15/h6H,2H2,1H3,(H,12,13)(H,14,15). The summed E-state index contributed by atoms with van der Waals surface area (Å²) in [7, 11) is 0. The fraction of sp³-hybridized carbons (Fsp3) is 0.333. The molecule has 1 atom stereocenters. The van der Waals surface area contributed by atoms with E-state index < -0.39 is 41.4 Å². The van der Waals surface area contributed by atoms with Crippen LogP contribution in [0.5, 0.6) is 0 Å². The number of rotatable bonds is 2. The molecule has 80 valence electrons. The van der Waals surface area contributed by atoms with Crippen molar-refractivity contribution in [2.75, 3.05) is 0 Å².